The highest BCUT2D eigenvalue weighted by Gasteiger charge is 2.46. The van der Waals surface area contributed by atoms with Crippen LogP contribution in [0.5, 0.6) is 11.5 Å². The van der Waals surface area contributed by atoms with Gasteiger partial charge in [0.1, 0.15) is 17.3 Å². The number of ketones is 1. The maximum Gasteiger partial charge on any atom is 0.295 e. The second-order valence-electron chi connectivity index (χ2n) is 7.11. The number of benzene rings is 2. The van der Waals surface area contributed by atoms with Crippen molar-refractivity contribution in [1.82, 2.24) is 4.90 Å². The van der Waals surface area contributed by atoms with Crippen LogP contribution in [0, 0.1) is 0 Å². The molecule has 2 aromatic carbocycles. The summed E-state index contributed by atoms with van der Waals surface area (Å²) in [6, 6.07) is 13.4. The zero-order chi connectivity index (χ0) is 21.7. The first-order valence-corrected chi connectivity index (χ1v) is 10.2. The average Bonchev–Trinajstić information content (AvgIpc) is 3.02. The Hall–Kier alpha value is -3.28. The number of aliphatic hydroxyl groups is 1. The van der Waals surface area contributed by atoms with E-state index < -0.39 is 17.7 Å². The van der Waals surface area contributed by atoms with Crippen LogP contribution in [0.2, 0.25) is 0 Å². The Morgan fingerprint density at radius 1 is 1.07 bits per heavy atom. The van der Waals surface area contributed by atoms with Gasteiger partial charge in [-0.15, -0.1) is 0 Å². The van der Waals surface area contributed by atoms with E-state index in [1.807, 2.05) is 32.0 Å². The van der Waals surface area contributed by atoms with Crippen LogP contribution in [0.3, 0.4) is 0 Å². The van der Waals surface area contributed by atoms with Gasteiger partial charge in [-0.05, 0) is 31.0 Å². The third-order valence-corrected chi connectivity index (χ3v) is 5.02. The van der Waals surface area contributed by atoms with E-state index in [1.165, 1.54) is 4.90 Å². The van der Waals surface area contributed by atoms with Gasteiger partial charge in [0.05, 0.1) is 25.3 Å². The number of nitrogens with zero attached hydrogens (tertiary/aromatic N) is 1. The van der Waals surface area contributed by atoms with Crippen LogP contribution in [-0.4, -0.2) is 42.0 Å². The predicted molar refractivity (Wildman–Crippen MR) is 115 cm³/mol. The van der Waals surface area contributed by atoms with E-state index in [-0.39, 0.29) is 11.3 Å². The van der Waals surface area contributed by atoms with Crippen LogP contribution in [-0.2, 0) is 9.59 Å². The normalized spacial score (nSPS) is 18.0. The summed E-state index contributed by atoms with van der Waals surface area (Å²) in [7, 11) is 1.54. The number of ether oxygens (including phenoxy) is 2. The first-order chi connectivity index (χ1) is 14.5. The number of Topliss-reactive ketones (excluding diaryl/α,β-unsaturated/α-hetero) is 1. The lowest BCUT2D eigenvalue weighted by Crippen LogP contribution is -2.30. The van der Waals surface area contributed by atoms with Gasteiger partial charge in [-0.1, -0.05) is 44.2 Å². The summed E-state index contributed by atoms with van der Waals surface area (Å²) in [5.74, 6) is -0.386. The Balaban J connectivity index is 2.16. The molecular weight excluding hydrogens is 382 g/mol. The Morgan fingerprint density at radius 3 is 2.53 bits per heavy atom. The van der Waals surface area contributed by atoms with Gasteiger partial charge >= 0.3 is 0 Å². The maximum atomic E-state index is 13.0. The highest BCUT2D eigenvalue weighted by Crippen LogP contribution is 2.42. The highest BCUT2D eigenvalue weighted by atomic mass is 16.5. The summed E-state index contributed by atoms with van der Waals surface area (Å²) in [5, 5.41) is 11.1. The van der Waals surface area contributed by atoms with E-state index in [0.29, 0.717) is 42.2 Å². The molecule has 3 rings (SSSR count). The summed E-state index contributed by atoms with van der Waals surface area (Å²) >= 11 is 0. The lowest BCUT2D eigenvalue weighted by molar-refractivity contribution is -0.139. The molecule has 1 amide bonds. The van der Waals surface area contributed by atoms with Crippen molar-refractivity contribution in [2.75, 3.05) is 20.3 Å². The number of methoxy groups -OCH3 is 1. The van der Waals surface area contributed by atoms with Crippen molar-refractivity contribution < 1.29 is 24.2 Å². The largest absolute Gasteiger partial charge is 0.507 e. The van der Waals surface area contributed by atoms with Crippen LogP contribution in [0.15, 0.2) is 54.1 Å². The monoisotopic (exact) mass is 409 g/mol. The summed E-state index contributed by atoms with van der Waals surface area (Å²) in [6.07, 6.45) is 1.53. The Bertz CT molecular complexity index is 966. The van der Waals surface area contributed by atoms with E-state index in [0.717, 1.165) is 6.42 Å². The molecule has 1 unspecified atom stereocenters. The number of carbonyl (C=O) groups excluding carboxylic acids is 2. The number of aliphatic hydroxyl groups excluding tert-OH is 1. The molecule has 30 heavy (non-hydrogen) atoms. The van der Waals surface area contributed by atoms with Gasteiger partial charge in [0.15, 0.2) is 0 Å². The predicted octanol–water partition coefficient (Wildman–Crippen LogP) is 4.32. The number of carbonyl (C=O) groups is 2. The molecule has 1 fully saturated rings. The van der Waals surface area contributed by atoms with Crippen molar-refractivity contribution >= 4 is 17.4 Å². The molecule has 0 radical (unpaired) electrons. The topological polar surface area (TPSA) is 76.1 Å². The summed E-state index contributed by atoms with van der Waals surface area (Å²) in [6.45, 7) is 4.88. The van der Waals surface area contributed by atoms with E-state index in [1.54, 1.807) is 37.4 Å². The van der Waals surface area contributed by atoms with E-state index in [4.69, 9.17) is 9.47 Å². The summed E-state index contributed by atoms with van der Waals surface area (Å²) in [4.78, 5) is 27.3. The maximum absolute atomic E-state index is 13.0. The zero-order valence-corrected chi connectivity index (χ0v) is 17.6. The highest BCUT2D eigenvalue weighted by molar-refractivity contribution is 6.46. The fourth-order valence-corrected chi connectivity index (χ4v) is 3.68. The molecule has 158 valence electrons. The van der Waals surface area contributed by atoms with Gasteiger partial charge in [0.2, 0.25) is 0 Å². The molecule has 1 heterocycles. The lowest BCUT2D eigenvalue weighted by Gasteiger charge is -2.26. The first kappa shape index (κ1) is 21.4. The van der Waals surface area contributed by atoms with E-state index in [2.05, 4.69) is 0 Å². The van der Waals surface area contributed by atoms with Crippen LogP contribution < -0.4 is 9.47 Å². The number of hydrogen-bond acceptors (Lipinski definition) is 5. The summed E-state index contributed by atoms with van der Waals surface area (Å²) < 4.78 is 11.1. The van der Waals surface area contributed by atoms with Crippen molar-refractivity contribution in [2.24, 2.45) is 0 Å². The molecular formula is C24H27NO5. The second kappa shape index (κ2) is 9.48. The minimum absolute atomic E-state index is 0.0607. The molecule has 0 saturated carbocycles. The van der Waals surface area contributed by atoms with Crippen LogP contribution >= 0.6 is 0 Å². The van der Waals surface area contributed by atoms with E-state index >= 15 is 0 Å². The number of hydrogen-bond donors (Lipinski definition) is 1. The number of amides is 1. The molecule has 1 aliphatic rings. The lowest BCUT2D eigenvalue weighted by atomic mass is 9.94. The average molecular weight is 409 g/mol. The SMILES string of the molecule is CCCOc1cccc(/C(O)=C2/C(=O)C(=O)N(CCC)C2c2ccccc2OC)c1. The molecule has 6 nitrogen and oxygen atoms in total. The quantitative estimate of drug-likeness (QED) is 0.399. The van der Waals surface area contributed by atoms with Gasteiger partial charge in [-0.2, -0.15) is 0 Å². The Morgan fingerprint density at radius 2 is 1.83 bits per heavy atom. The number of rotatable bonds is 8. The molecule has 1 saturated heterocycles. The zero-order valence-electron chi connectivity index (χ0n) is 17.6. The van der Waals surface area contributed by atoms with Crippen molar-refractivity contribution in [1.29, 1.82) is 0 Å². The Kier molecular flexibility index (Phi) is 6.77. The number of likely N-dealkylation sites (tertiary alicyclic amines) is 1. The van der Waals surface area contributed by atoms with Crippen molar-refractivity contribution in [3.8, 4) is 11.5 Å². The fraction of sp³-hybridized carbons (Fsp3) is 0.333. The molecule has 2 aromatic rings. The minimum atomic E-state index is -0.721. The standard InChI is InChI=1S/C24H27NO5/c1-4-13-25-21(18-11-6-7-12-19(18)29-3)20(23(27)24(25)28)22(26)16-9-8-10-17(15-16)30-14-5-2/h6-12,15,21,26H,4-5,13-14H2,1-3H3/b22-20-. The third-order valence-electron chi connectivity index (χ3n) is 5.02. The second-order valence-corrected chi connectivity index (χ2v) is 7.11. The van der Waals surface area contributed by atoms with Crippen molar-refractivity contribution in [3.05, 3.63) is 65.2 Å². The van der Waals surface area contributed by atoms with Crippen LogP contribution in [0.1, 0.15) is 43.9 Å². The smallest absolute Gasteiger partial charge is 0.295 e. The van der Waals surface area contributed by atoms with Crippen LogP contribution in [0.25, 0.3) is 5.76 Å². The molecule has 0 aromatic heterocycles. The molecule has 0 aliphatic carbocycles. The van der Waals surface area contributed by atoms with Crippen molar-refractivity contribution in [3.63, 3.8) is 0 Å². The molecule has 0 bridgehead atoms. The third kappa shape index (κ3) is 4.03. The van der Waals surface area contributed by atoms with Crippen LogP contribution in [0.4, 0.5) is 0 Å². The van der Waals surface area contributed by atoms with Gasteiger partial charge < -0.3 is 19.5 Å². The van der Waals surface area contributed by atoms with Gasteiger partial charge in [0, 0.05) is 17.7 Å². The summed E-state index contributed by atoms with van der Waals surface area (Å²) in [5.41, 5.74) is 1.15. The fourth-order valence-electron chi connectivity index (χ4n) is 3.68. The molecule has 1 atom stereocenters. The first-order valence-electron chi connectivity index (χ1n) is 10.2. The van der Waals surface area contributed by atoms with Gasteiger partial charge in [-0.25, -0.2) is 0 Å². The molecule has 0 spiro atoms. The van der Waals surface area contributed by atoms with Crippen molar-refractivity contribution in [2.45, 2.75) is 32.7 Å². The molecule has 1 N–H and O–H groups in total. The number of para-hydroxylation sites is 1. The van der Waals surface area contributed by atoms with Gasteiger partial charge in [0.25, 0.3) is 11.7 Å². The molecule has 1 aliphatic heterocycles. The van der Waals surface area contributed by atoms with Gasteiger partial charge in [-0.3, -0.25) is 9.59 Å². The minimum Gasteiger partial charge on any atom is -0.507 e. The Labute approximate surface area is 176 Å². The van der Waals surface area contributed by atoms with E-state index in [9.17, 15) is 14.7 Å². The molecule has 6 heteroatoms.